The van der Waals surface area contributed by atoms with Gasteiger partial charge in [0, 0.05) is 6.42 Å². The summed E-state index contributed by atoms with van der Waals surface area (Å²) < 4.78 is 16.2. The minimum absolute atomic E-state index is 0.0147. The summed E-state index contributed by atoms with van der Waals surface area (Å²) in [5.41, 5.74) is 0.546. The van der Waals surface area contributed by atoms with Gasteiger partial charge in [-0.25, -0.2) is 0 Å². The molecule has 0 saturated carbocycles. The fraction of sp³-hybridized carbons (Fsp3) is 0.269. The molecule has 0 fully saturated rings. The van der Waals surface area contributed by atoms with Crippen LogP contribution in [0, 0.1) is 0 Å². The Labute approximate surface area is 183 Å². The molecule has 0 atom stereocenters. The van der Waals surface area contributed by atoms with Crippen LogP contribution in [0.5, 0.6) is 17.2 Å². The number of aliphatic hydroxyl groups is 1. The highest BCUT2D eigenvalue weighted by molar-refractivity contribution is 5.79. The number of ketones is 1. The Kier molecular flexibility index (Phi) is 7.32. The summed E-state index contributed by atoms with van der Waals surface area (Å²) in [4.78, 5) is 11.9. The van der Waals surface area contributed by atoms with Crippen molar-refractivity contribution in [3.8, 4) is 17.2 Å². The quantitative estimate of drug-likeness (QED) is 0.480. The second-order valence-corrected chi connectivity index (χ2v) is 7.27. The van der Waals surface area contributed by atoms with Gasteiger partial charge in [0.05, 0.1) is 14.2 Å². The van der Waals surface area contributed by atoms with Crippen LogP contribution in [-0.4, -0.2) is 31.7 Å². The maximum Gasteiger partial charge on any atom is 0.170 e. The zero-order valence-electron chi connectivity index (χ0n) is 18.1. The van der Waals surface area contributed by atoms with Gasteiger partial charge in [0.15, 0.2) is 5.78 Å². The lowest BCUT2D eigenvalue weighted by molar-refractivity contribution is -0.121. The molecule has 0 aliphatic carbocycles. The first kappa shape index (κ1) is 22.4. The Balaban J connectivity index is 2.03. The minimum atomic E-state index is -1.44. The van der Waals surface area contributed by atoms with Crippen molar-refractivity contribution in [1.82, 2.24) is 0 Å². The lowest BCUT2D eigenvalue weighted by atomic mass is 9.80. The van der Waals surface area contributed by atoms with E-state index >= 15 is 0 Å². The molecule has 5 heteroatoms. The van der Waals surface area contributed by atoms with Gasteiger partial charge in [0.2, 0.25) is 0 Å². The van der Waals surface area contributed by atoms with E-state index in [0.29, 0.717) is 40.4 Å². The van der Waals surface area contributed by atoms with Gasteiger partial charge in [-0.05, 0) is 59.5 Å². The lowest BCUT2D eigenvalue weighted by Crippen LogP contribution is -2.29. The number of ether oxygens (including phenoxy) is 3. The number of hydrogen-bond acceptors (Lipinski definition) is 5. The largest absolute Gasteiger partial charge is 0.497 e. The molecule has 3 aromatic carbocycles. The molecule has 5 nitrogen and oxygen atoms in total. The van der Waals surface area contributed by atoms with E-state index in [-0.39, 0.29) is 12.4 Å². The molecule has 0 amide bonds. The predicted molar refractivity (Wildman–Crippen MR) is 120 cm³/mol. The summed E-state index contributed by atoms with van der Waals surface area (Å²) in [6.07, 6.45) is 1.28. The molecule has 162 valence electrons. The molecule has 0 aromatic heterocycles. The third-order valence-electron chi connectivity index (χ3n) is 5.20. The maximum absolute atomic E-state index is 12.0. The highest BCUT2D eigenvalue weighted by Crippen LogP contribution is 2.39. The van der Waals surface area contributed by atoms with Gasteiger partial charge in [0.1, 0.15) is 29.5 Å². The van der Waals surface area contributed by atoms with Crippen LogP contribution in [0.25, 0.3) is 0 Å². The minimum Gasteiger partial charge on any atom is -0.497 e. The maximum atomic E-state index is 12.0. The van der Waals surface area contributed by atoms with Gasteiger partial charge >= 0.3 is 0 Å². The molecule has 31 heavy (non-hydrogen) atoms. The van der Waals surface area contributed by atoms with Crippen molar-refractivity contribution in [3.63, 3.8) is 0 Å². The van der Waals surface area contributed by atoms with Crippen LogP contribution < -0.4 is 14.2 Å². The summed E-state index contributed by atoms with van der Waals surface area (Å²) in [5.74, 6) is 1.98. The SMILES string of the molecule is CCCC(=O)COc1cccc(C(O)(c2ccc(OC)cc2)c2ccc(OC)cc2)c1. The van der Waals surface area contributed by atoms with Crippen LogP contribution in [-0.2, 0) is 10.4 Å². The summed E-state index contributed by atoms with van der Waals surface area (Å²) in [5, 5.41) is 12.0. The second-order valence-electron chi connectivity index (χ2n) is 7.27. The van der Waals surface area contributed by atoms with Crippen LogP contribution in [0.1, 0.15) is 36.5 Å². The van der Waals surface area contributed by atoms with E-state index in [4.69, 9.17) is 14.2 Å². The second kappa shape index (κ2) is 10.1. The molecule has 0 bridgehead atoms. The molecular weight excluding hydrogens is 392 g/mol. The number of rotatable bonds is 10. The van der Waals surface area contributed by atoms with E-state index in [1.54, 1.807) is 26.4 Å². The molecule has 1 N–H and O–H groups in total. The molecule has 3 aromatic rings. The first-order valence-corrected chi connectivity index (χ1v) is 10.3. The third kappa shape index (κ3) is 5.06. The van der Waals surface area contributed by atoms with Crippen LogP contribution in [0.4, 0.5) is 0 Å². The van der Waals surface area contributed by atoms with Crippen molar-refractivity contribution < 1.29 is 24.1 Å². The van der Waals surface area contributed by atoms with E-state index in [1.165, 1.54) is 0 Å². The molecule has 0 radical (unpaired) electrons. The first-order valence-electron chi connectivity index (χ1n) is 10.3. The number of hydrogen-bond donors (Lipinski definition) is 1. The predicted octanol–water partition coefficient (Wildman–Crippen LogP) is 4.74. The summed E-state index contributed by atoms with van der Waals surface area (Å²) in [6.45, 7) is 1.98. The van der Waals surface area contributed by atoms with Gasteiger partial charge < -0.3 is 19.3 Å². The molecule has 0 spiro atoms. The fourth-order valence-corrected chi connectivity index (χ4v) is 3.49. The highest BCUT2D eigenvalue weighted by atomic mass is 16.5. The third-order valence-corrected chi connectivity index (χ3v) is 5.20. The van der Waals surface area contributed by atoms with Crippen molar-refractivity contribution in [2.75, 3.05) is 20.8 Å². The Hall–Kier alpha value is -3.31. The van der Waals surface area contributed by atoms with Crippen LogP contribution >= 0.6 is 0 Å². The average Bonchev–Trinajstić information content (AvgIpc) is 2.82. The Morgan fingerprint density at radius 3 is 1.84 bits per heavy atom. The number of carbonyl (C=O) groups is 1. The van der Waals surface area contributed by atoms with E-state index in [2.05, 4.69) is 0 Å². The molecule has 0 saturated heterocycles. The number of Topliss-reactive ketones (excluding diaryl/α,β-unsaturated/α-hetero) is 1. The molecule has 0 heterocycles. The topological polar surface area (TPSA) is 65.0 Å². The van der Waals surface area contributed by atoms with E-state index in [9.17, 15) is 9.90 Å². The van der Waals surface area contributed by atoms with E-state index in [1.807, 2.05) is 67.6 Å². The van der Waals surface area contributed by atoms with Crippen LogP contribution in [0.3, 0.4) is 0 Å². The number of benzene rings is 3. The average molecular weight is 421 g/mol. The van der Waals surface area contributed by atoms with Crippen LogP contribution in [0.2, 0.25) is 0 Å². The Morgan fingerprint density at radius 1 is 0.806 bits per heavy atom. The van der Waals surface area contributed by atoms with Gasteiger partial charge in [-0.3, -0.25) is 4.79 Å². The zero-order chi connectivity index (χ0) is 22.3. The van der Waals surface area contributed by atoms with Crippen molar-refractivity contribution in [3.05, 3.63) is 89.5 Å². The Morgan fingerprint density at radius 2 is 1.35 bits per heavy atom. The molecule has 3 rings (SSSR count). The van der Waals surface area contributed by atoms with Gasteiger partial charge in [-0.1, -0.05) is 43.3 Å². The molecule has 0 unspecified atom stereocenters. The molecule has 0 aliphatic heterocycles. The Bertz CT molecular complexity index is 946. The van der Waals surface area contributed by atoms with Crippen molar-refractivity contribution in [2.24, 2.45) is 0 Å². The summed E-state index contributed by atoms with van der Waals surface area (Å²) in [6, 6.07) is 21.8. The van der Waals surface area contributed by atoms with Gasteiger partial charge in [-0.2, -0.15) is 0 Å². The zero-order valence-corrected chi connectivity index (χ0v) is 18.1. The first-order chi connectivity index (χ1) is 15.0. The van der Waals surface area contributed by atoms with Crippen molar-refractivity contribution >= 4 is 5.78 Å². The standard InChI is InChI=1S/C26H28O5/c1-4-6-22(27)18-31-25-8-5-7-21(17-25)26(28,19-9-13-23(29-2)14-10-19)20-11-15-24(30-3)16-12-20/h5,7-17,28H,4,6,18H2,1-3H3. The van der Waals surface area contributed by atoms with Crippen molar-refractivity contribution in [2.45, 2.75) is 25.4 Å². The van der Waals surface area contributed by atoms with Gasteiger partial charge in [0.25, 0.3) is 0 Å². The number of carbonyl (C=O) groups excluding carboxylic acids is 1. The normalized spacial score (nSPS) is 11.1. The fourth-order valence-electron chi connectivity index (χ4n) is 3.49. The lowest BCUT2D eigenvalue weighted by Gasteiger charge is -2.30. The highest BCUT2D eigenvalue weighted by Gasteiger charge is 2.34. The van der Waals surface area contributed by atoms with E-state index in [0.717, 1.165) is 6.42 Å². The summed E-state index contributed by atoms with van der Waals surface area (Å²) >= 11 is 0. The van der Waals surface area contributed by atoms with Crippen molar-refractivity contribution in [1.29, 1.82) is 0 Å². The van der Waals surface area contributed by atoms with Crippen LogP contribution in [0.15, 0.2) is 72.8 Å². The summed E-state index contributed by atoms with van der Waals surface area (Å²) in [7, 11) is 3.21. The van der Waals surface area contributed by atoms with E-state index < -0.39 is 5.60 Å². The number of methoxy groups -OCH3 is 2. The molecule has 0 aliphatic rings. The molecular formula is C26H28O5. The van der Waals surface area contributed by atoms with Gasteiger partial charge in [-0.15, -0.1) is 0 Å². The monoisotopic (exact) mass is 420 g/mol. The smallest absolute Gasteiger partial charge is 0.170 e.